The summed E-state index contributed by atoms with van der Waals surface area (Å²) in [4.78, 5) is 21.3. The lowest BCUT2D eigenvalue weighted by molar-refractivity contribution is 0.0728. The number of oxazole rings is 1. The number of aromatic nitrogens is 1. The number of hydrogen-bond donors (Lipinski definition) is 0. The van der Waals surface area contributed by atoms with Crippen molar-refractivity contribution >= 4 is 11.6 Å². The van der Waals surface area contributed by atoms with Crippen LogP contribution in [0.15, 0.2) is 28.7 Å². The first-order valence-electron chi connectivity index (χ1n) is 8.98. The van der Waals surface area contributed by atoms with Gasteiger partial charge in [0, 0.05) is 44.7 Å². The molecule has 25 heavy (non-hydrogen) atoms. The first kappa shape index (κ1) is 17.5. The molecule has 0 unspecified atom stereocenters. The number of rotatable bonds is 5. The van der Waals surface area contributed by atoms with Crippen LogP contribution in [0.2, 0.25) is 0 Å². The summed E-state index contributed by atoms with van der Waals surface area (Å²) in [6.45, 7) is 5.62. The highest BCUT2D eigenvalue weighted by atomic mass is 16.4. The number of hydrogen-bond acceptors (Lipinski definition) is 4. The zero-order valence-electron chi connectivity index (χ0n) is 15.6. The SMILES string of the molecule is CC(C)CCc1nc2c(o1)CCN(C(=O)c1ccc(N(C)C)cc1)C2. The van der Waals surface area contributed by atoms with Gasteiger partial charge in [-0.3, -0.25) is 4.79 Å². The van der Waals surface area contributed by atoms with Gasteiger partial charge in [0.15, 0.2) is 5.89 Å². The van der Waals surface area contributed by atoms with Gasteiger partial charge in [-0.05, 0) is 36.6 Å². The van der Waals surface area contributed by atoms with Gasteiger partial charge in [-0.25, -0.2) is 4.98 Å². The predicted octanol–water partition coefficient (Wildman–Crippen LogP) is 3.53. The maximum absolute atomic E-state index is 12.8. The van der Waals surface area contributed by atoms with Crippen molar-refractivity contribution in [1.82, 2.24) is 9.88 Å². The Balaban J connectivity index is 1.68. The summed E-state index contributed by atoms with van der Waals surface area (Å²) in [6, 6.07) is 7.74. The molecule has 2 heterocycles. The van der Waals surface area contributed by atoms with Crippen molar-refractivity contribution in [3.8, 4) is 0 Å². The fraction of sp³-hybridized carbons (Fsp3) is 0.500. The molecule has 1 aliphatic heterocycles. The van der Waals surface area contributed by atoms with Gasteiger partial charge in [0.1, 0.15) is 11.5 Å². The molecule has 0 saturated heterocycles. The van der Waals surface area contributed by atoms with Crippen LogP contribution < -0.4 is 4.90 Å². The summed E-state index contributed by atoms with van der Waals surface area (Å²) in [5.41, 5.74) is 2.73. The molecule has 0 N–H and O–H groups in total. The Bertz CT molecular complexity index is 732. The molecule has 0 saturated carbocycles. The van der Waals surface area contributed by atoms with E-state index in [1.54, 1.807) is 0 Å². The van der Waals surface area contributed by atoms with Crippen molar-refractivity contribution in [3.05, 3.63) is 47.2 Å². The minimum absolute atomic E-state index is 0.0580. The second-order valence-electron chi connectivity index (χ2n) is 7.33. The van der Waals surface area contributed by atoms with Crippen molar-refractivity contribution in [3.63, 3.8) is 0 Å². The molecule has 1 aliphatic rings. The summed E-state index contributed by atoms with van der Waals surface area (Å²) in [5, 5.41) is 0. The van der Waals surface area contributed by atoms with Crippen molar-refractivity contribution in [2.24, 2.45) is 5.92 Å². The topological polar surface area (TPSA) is 49.6 Å². The molecular formula is C20H27N3O2. The van der Waals surface area contributed by atoms with Crippen LogP contribution in [0.4, 0.5) is 5.69 Å². The van der Waals surface area contributed by atoms with Crippen LogP contribution in [0.3, 0.4) is 0 Å². The highest BCUT2D eigenvalue weighted by molar-refractivity contribution is 5.94. The van der Waals surface area contributed by atoms with Crippen LogP contribution in [0.1, 0.15) is 48.0 Å². The molecular weight excluding hydrogens is 314 g/mol. The first-order chi connectivity index (χ1) is 11.9. The molecule has 1 aromatic heterocycles. The fourth-order valence-corrected chi connectivity index (χ4v) is 3.03. The lowest BCUT2D eigenvalue weighted by Crippen LogP contribution is -2.35. The number of anilines is 1. The maximum Gasteiger partial charge on any atom is 0.254 e. The molecule has 3 rings (SSSR count). The van der Waals surface area contributed by atoms with Gasteiger partial charge in [-0.2, -0.15) is 0 Å². The minimum atomic E-state index is 0.0580. The van der Waals surface area contributed by atoms with Crippen molar-refractivity contribution < 1.29 is 9.21 Å². The largest absolute Gasteiger partial charge is 0.445 e. The van der Waals surface area contributed by atoms with E-state index in [1.165, 1.54) is 0 Å². The number of amides is 1. The molecule has 134 valence electrons. The summed E-state index contributed by atoms with van der Waals surface area (Å²) in [7, 11) is 3.98. The molecule has 0 atom stereocenters. The smallest absolute Gasteiger partial charge is 0.254 e. The molecule has 2 aromatic rings. The summed E-state index contributed by atoms with van der Waals surface area (Å²) in [5.74, 6) is 2.45. The lowest BCUT2D eigenvalue weighted by atomic mass is 10.1. The predicted molar refractivity (Wildman–Crippen MR) is 98.9 cm³/mol. The number of carbonyl (C=O) groups excluding carboxylic acids is 1. The first-order valence-corrected chi connectivity index (χ1v) is 8.98. The standard InChI is InChI=1S/C20H27N3O2/c1-14(2)5-10-19-21-17-13-23(12-11-18(17)25-19)20(24)15-6-8-16(9-7-15)22(3)4/h6-9,14H,5,10-13H2,1-4H3. The average molecular weight is 341 g/mol. The molecule has 5 heteroatoms. The minimum Gasteiger partial charge on any atom is -0.445 e. The van der Waals surface area contributed by atoms with Gasteiger partial charge in [0.25, 0.3) is 5.91 Å². The summed E-state index contributed by atoms with van der Waals surface area (Å²) >= 11 is 0. The van der Waals surface area contributed by atoms with Crippen LogP contribution in [-0.4, -0.2) is 36.4 Å². The zero-order chi connectivity index (χ0) is 18.0. The van der Waals surface area contributed by atoms with Gasteiger partial charge in [-0.15, -0.1) is 0 Å². The van der Waals surface area contributed by atoms with Crippen molar-refractivity contribution in [2.45, 2.75) is 39.7 Å². The molecule has 0 aliphatic carbocycles. The Morgan fingerprint density at radius 1 is 1.28 bits per heavy atom. The van der Waals surface area contributed by atoms with Crippen LogP contribution in [0, 0.1) is 5.92 Å². The molecule has 0 bridgehead atoms. The van der Waals surface area contributed by atoms with Crippen molar-refractivity contribution in [2.75, 3.05) is 25.5 Å². The molecule has 0 spiro atoms. The molecule has 0 radical (unpaired) electrons. The van der Waals surface area contributed by atoms with Crippen molar-refractivity contribution in [1.29, 1.82) is 0 Å². The zero-order valence-corrected chi connectivity index (χ0v) is 15.6. The highest BCUT2D eigenvalue weighted by Crippen LogP contribution is 2.23. The molecule has 0 fully saturated rings. The number of aryl methyl sites for hydroxylation is 1. The van der Waals surface area contributed by atoms with E-state index >= 15 is 0 Å². The highest BCUT2D eigenvalue weighted by Gasteiger charge is 2.26. The number of carbonyl (C=O) groups is 1. The third kappa shape index (κ3) is 4.03. The Labute approximate surface area is 149 Å². The summed E-state index contributed by atoms with van der Waals surface area (Å²) < 4.78 is 5.88. The van der Waals surface area contributed by atoms with E-state index in [0.29, 0.717) is 19.0 Å². The van der Waals surface area contributed by atoms with Crippen LogP contribution in [-0.2, 0) is 19.4 Å². The second kappa shape index (κ2) is 7.30. The maximum atomic E-state index is 12.8. The van der Waals surface area contributed by atoms with E-state index < -0.39 is 0 Å². The van der Waals surface area contributed by atoms with Gasteiger partial charge >= 0.3 is 0 Å². The number of benzene rings is 1. The Hall–Kier alpha value is -2.30. The quantitative estimate of drug-likeness (QED) is 0.835. The lowest BCUT2D eigenvalue weighted by Gasteiger charge is -2.25. The Kier molecular flexibility index (Phi) is 5.11. The van der Waals surface area contributed by atoms with Crippen LogP contribution in [0.25, 0.3) is 0 Å². The number of nitrogens with zero attached hydrogens (tertiary/aromatic N) is 3. The fourth-order valence-electron chi connectivity index (χ4n) is 3.03. The normalized spacial score (nSPS) is 13.9. The van der Waals surface area contributed by atoms with E-state index in [0.717, 1.165) is 47.9 Å². The Morgan fingerprint density at radius 3 is 2.64 bits per heavy atom. The average Bonchev–Trinajstić information content (AvgIpc) is 3.01. The van der Waals surface area contributed by atoms with E-state index in [9.17, 15) is 4.79 Å². The second-order valence-corrected chi connectivity index (χ2v) is 7.33. The van der Waals surface area contributed by atoms with E-state index in [-0.39, 0.29) is 5.91 Å². The molecule has 1 amide bonds. The number of fused-ring (bicyclic) bond motifs is 1. The molecule has 5 nitrogen and oxygen atoms in total. The third-order valence-corrected chi connectivity index (χ3v) is 4.63. The Morgan fingerprint density at radius 2 is 2.00 bits per heavy atom. The van der Waals surface area contributed by atoms with E-state index in [2.05, 4.69) is 18.8 Å². The van der Waals surface area contributed by atoms with Gasteiger partial charge < -0.3 is 14.2 Å². The molecule has 1 aromatic carbocycles. The third-order valence-electron chi connectivity index (χ3n) is 4.63. The van der Waals surface area contributed by atoms with Gasteiger partial charge in [0.2, 0.25) is 0 Å². The summed E-state index contributed by atoms with van der Waals surface area (Å²) in [6.07, 6.45) is 2.68. The van der Waals surface area contributed by atoms with Crippen LogP contribution in [0.5, 0.6) is 0 Å². The van der Waals surface area contributed by atoms with Gasteiger partial charge in [0.05, 0.1) is 6.54 Å². The van der Waals surface area contributed by atoms with Crippen LogP contribution >= 0.6 is 0 Å². The van der Waals surface area contributed by atoms with Gasteiger partial charge in [-0.1, -0.05) is 13.8 Å². The monoisotopic (exact) mass is 341 g/mol. The van der Waals surface area contributed by atoms with E-state index in [1.807, 2.05) is 48.2 Å². The van der Waals surface area contributed by atoms with E-state index in [4.69, 9.17) is 4.42 Å².